The van der Waals surface area contributed by atoms with E-state index < -0.39 is 42.4 Å². The highest BCUT2D eigenvalue weighted by molar-refractivity contribution is 5.60. The molecule has 0 radical (unpaired) electrons. The van der Waals surface area contributed by atoms with Gasteiger partial charge in [-0.2, -0.15) is 0 Å². The number of aromatic nitrogens is 2. The molecule has 8 heteroatoms. The van der Waals surface area contributed by atoms with E-state index in [1.165, 1.54) is 6.20 Å². The van der Waals surface area contributed by atoms with Gasteiger partial charge in [-0.15, -0.1) is 0 Å². The molecule has 0 bridgehead atoms. The number of H-pyrrole nitrogens is 1. The van der Waals surface area contributed by atoms with Crippen LogP contribution >= 0.6 is 0 Å². The second kappa shape index (κ2) is 6.09. The van der Waals surface area contributed by atoms with Crippen LogP contribution in [-0.4, -0.2) is 49.8 Å². The van der Waals surface area contributed by atoms with Crippen molar-refractivity contribution in [3.8, 4) is 11.1 Å². The van der Waals surface area contributed by atoms with Crippen LogP contribution in [0.2, 0.25) is 0 Å². The molecule has 1 aromatic heterocycles. The second-order valence-corrected chi connectivity index (χ2v) is 5.30. The maximum absolute atomic E-state index is 12.0. The Morgan fingerprint density at radius 2 is 1.83 bits per heavy atom. The van der Waals surface area contributed by atoms with E-state index in [1.54, 1.807) is 30.3 Å². The lowest BCUT2D eigenvalue weighted by atomic mass is 10.1. The van der Waals surface area contributed by atoms with Crippen LogP contribution in [0.15, 0.2) is 46.1 Å². The summed E-state index contributed by atoms with van der Waals surface area (Å²) in [6.45, 7) is -0.502. The molecule has 0 amide bonds. The normalized spacial score (nSPS) is 27.3. The zero-order valence-corrected chi connectivity index (χ0v) is 12.0. The fourth-order valence-corrected chi connectivity index (χ4v) is 2.61. The maximum Gasteiger partial charge on any atom is 0.330 e. The molecule has 3 rings (SSSR count). The molecule has 1 aliphatic heterocycles. The van der Waals surface area contributed by atoms with Gasteiger partial charge in [0.05, 0.1) is 12.2 Å². The smallest absolute Gasteiger partial charge is 0.330 e. The van der Waals surface area contributed by atoms with Crippen molar-refractivity contribution >= 4 is 0 Å². The number of nitrogens with zero attached hydrogens (tertiary/aromatic N) is 1. The van der Waals surface area contributed by atoms with Gasteiger partial charge in [0.25, 0.3) is 5.56 Å². The third-order valence-electron chi connectivity index (χ3n) is 3.84. The second-order valence-electron chi connectivity index (χ2n) is 5.30. The molecular weight excluding hydrogens is 304 g/mol. The maximum atomic E-state index is 12.0. The number of aromatic amines is 1. The van der Waals surface area contributed by atoms with Gasteiger partial charge >= 0.3 is 5.69 Å². The summed E-state index contributed by atoms with van der Waals surface area (Å²) in [5.74, 6) is 0. The van der Waals surface area contributed by atoms with Gasteiger partial charge in [-0.1, -0.05) is 30.3 Å². The van der Waals surface area contributed by atoms with Crippen LogP contribution in [0.25, 0.3) is 11.1 Å². The summed E-state index contributed by atoms with van der Waals surface area (Å²) in [6, 6.07) is 8.69. The van der Waals surface area contributed by atoms with Gasteiger partial charge in [0.15, 0.2) is 6.23 Å². The van der Waals surface area contributed by atoms with Crippen LogP contribution in [0.3, 0.4) is 0 Å². The van der Waals surface area contributed by atoms with Crippen molar-refractivity contribution < 1.29 is 20.1 Å². The first-order valence-electron chi connectivity index (χ1n) is 7.06. The fourth-order valence-electron chi connectivity index (χ4n) is 2.61. The van der Waals surface area contributed by atoms with Crippen LogP contribution in [0.5, 0.6) is 0 Å². The first kappa shape index (κ1) is 15.6. The molecule has 1 aliphatic rings. The van der Waals surface area contributed by atoms with Gasteiger partial charge in [0, 0.05) is 6.20 Å². The summed E-state index contributed by atoms with van der Waals surface area (Å²) in [5, 5.41) is 29.0. The lowest BCUT2D eigenvalue weighted by Gasteiger charge is -2.18. The molecular formula is C15H16N2O6. The van der Waals surface area contributed by atoms with Crippen molar-refractivity contribution in [3.63, 3.8) is 0 Å². The minimum absolute atomic E-state index is 0.225. The SMILES string of the molecule is O=c1[nH]c(=O)n([C@@H]2O[C@H](CO)[C@H](O)[C@H]2O)cc1-c1ccccc1. The number of ether oxygens (including phenoxy) is 1. The minimum Gasteiger partial charge on any atom is -0.394 e. The molecule has 0 unspecified atom stereocenters. The Kier molecular flexibility index (Phi) is 4.14. The highest BCUT2D eigenvalue weighted by atomic mass is 16.6. The van der Waals surface area contributed by atoms with Crippen molar-refractivity contribution in [1.82, 2.24) is 9.55 Å². The van der Waals surface area contributed by atoms with Crippen molar-refractivity contribution in [1.29, 1.82) is 0 Å². The van der Waals surface area contributed by atoms with Gasteiger partial charge in [-0.25, -0.2) is 4.79 Å². The average Bonchev–Trinajstić information content (AvgIpc) is 2.84. The monoisotopic (exact) mass is 320 g/mol. The van der Waals surface area contributed by atoms with Gasteiger partial charge in [-0.05, 0) is 5.56 Å². The van der Waals surface area contributed by atoms with E-state index in [-0.39, 0.29) is 5.56 Å². The van der Waals surface area contributed by atoms with E-state index in [0.29, 0.717) is 5.56 Å². The molecule has 1 fully saturated rings. The fraction of sp³-hybridized carbons (Fsp3) is 0.333. The third kappa shape index (κ3) is 2.73. The van der Waals surface area contributed by atoms with E-state index in [4.69, 9.17) is 9.84 Å². The lowest BCUT2D eigenvalue weighted by molar-refractivity contribution is -0.0549. The third-order valence-corrected chi connectivity index (χ3v) is 3.84. The van der Waals surface area contributed by atoms with Gasteiger partial charge in [-0.3, -0.25) is 14.3 Å². The van der Waals surface area contributed by atoms with Crippen LogP contribution in [0.1, 0.15) is 6.23 Å². The summed E-state index contributed by atoms with van der Waals surface area (Å²) in [4.78, 5) is 26.2. The summed E-state index contributed by atoms with van der Waals surface area (Å²) >= 11 is 0. The van der Waals surface area contributed by atoms with E-state index >= 15 is 0 Å². The topological polar surface area (TPSA) is 125 Å². The Bertz CT molecular complexity index is 800. The number of aliphatic hydroxyl groups is 3. The Balaban J connectivity index is 2.08. The molecule has 23 heavy (non-hydrogen) atoms. The summed E-state index contributed by atoms with van der Waals surface area (Å²) in [6.07, 6.45) is -3.66. The van der Waals surface area contributed by atoms with Crippen molar-refractivity contribution in [2.75, 3.05) is 6.61 Å². The van der Waals surface area contributed by atoms with E-state index in [2.05, 4.69) is 4.98 Å². The van der Waals surface area contributed by atoms with Crippen molar-refractivity contribution in [2.45, 2.75) is 24.5 Å². The van der Waals surface area contributed by atoms with Gasteiger partial charge < -0.3 is 20.1 Å². The van der Waals surface area contributed by atoms with Crippen LogP contribution in [0, 0.1) is 0 Å². The predicted molar refractivity (Wildman–Crippen MR) is 79.8 cm³/mol. The molecule has 4 N–H and O–H groups in total. The van der Waals surface area contributed by atoms with Crippen LogP contribution < -0.4 is 11.2 Å². The number of aliphatic hydroxyl groups excluding tert-OH is 3. The predicted octanol–water partition coefficient (Wildman–Crippen LogP) is -1.18. The van der Waals surface area contributed by atoms with E-state index in [1.807, 2.05) is 0 Å². The molecule has 0 saturated carbocycles. The molecule has 0 spiro atoms. The number of hydrogen-bond donors (Lipinski definition) is 4. The number of rotatable bonds is 3. The zero-order valence-electron chi connectivity index (χ0n) is 12.0. The van der Waals surface area contributed by atoms with E-state index in [0.717, 1.165) is 4.57 Å². The van der Waals surface area contributed by atoms with Gasteiger partial charge in [0.2, 0.25) is 0 Å². The molecule has 2 aromatic rings. The highest BCUT2D eigenvalue weighted by Gasteiger charge is 2.43. The largest absolute Gasteiger partial charge is 0.394 e. The summed E-state index contributed by atoms with van der Waals surface area (Å²) < 4.78 is 6.33. The average molecular weight is 320 g/mol. The Hall–Kier alpha value is -2.26. The lowest BCUT2D eigenvalue weighted by Crippen LogP contribution is -2.38. The van der Waals surface area contributed by atoms with Crippen molar-refractivity contribution in [2.24, 2.45) is 0 Å². The summed E-state index contributed by atoms with van der Waals surface area (Å²) in [5.41, 5.74) is -0.522. The molecule has 122 valence electrons. The Morgan fingerprint density at radius 1 is 1.13 bits per heavy atom. The Morgan fingerprint density at radius 3 is 2.43 bits per heavy atom. The Labute approximate surface area is 130 Å². The van der Waals surface area contributed by atoms with Crippen LogP contribution in [0.4, 0.5) is 0 Å². The standard InChI is InChI=1S/C15H16N2O6/c18-7-10-11(19)12(20)14(23-10)17-6-9(13(21)16-15(17)22)8-4-2-1-3-5-8/h1-6,10-12,14,18-20H,7H2,(H,16,21,22)/t10-,11+,12-,14-/m1/s1. The first-order chi connectivity index (χ1) is 11.0. The van der Waals surface area contributed by atoms with Gasteiger partial charge in [0.1, 0.15) is 18.3 Å². The quantitative estimate of drug-likeness (QED) is 0.564. The molecule has 1 saturated heterocycles. The van der Waals surface area contributed by atoms with E-state index in [9.17, 15) is 19.8 Å². The van der Waals surface area contributed by atoms with Crippen molar-refractivity contribution in [3.05, 3.63) is 57.4 Å². The minimum atomic E-state index is -1.40. The molecule has 0 aliphatic carbocycles. The van der Waals surface area contributed by atoms with Crippen LogP contribution in [-0.2, 0) is 4.74 Å². The number of hydrogen-bond acceptors (Lipinski definition) is 6. The zero-order chi connectivity index (χ0) is 16.6. The molecule has 2 heterocycles. The first-order valence-corrected chi connectivity index (χ1v) is 7.06. The number of benzene rings is 1. The molecule has 4 atom stereocenters. The molecule has 8 nitrogen and oxygen atoms in total. The summed E-state index contributed by atoms with van der Waals surface area (Å²) in [7, 11) is 0. The highest BCUT2D eigenvalue weighted by Crippen LogP contribution is 2.28. The molecule has 1 aromatic carbocycles. The number of nitrogens with one attached hydrogen (secondary N) is 1.